The predicted molar refractivity (Wildman–Crippen MR) is 131 cm³/mol. The van der Waals surface area contributed by atoms with Gasteiger partial charge in [0.25, 0.3) is 5.91 Å². The van der Waals surface area contributed by atoms with Gasteiger partial charge in [-0.25, -0.2) is 0 Å². The number of carbonyl (C=O) groups is 2. The number of nitrogens with one attached hydrogen (secondary N) is 2. The Hall–Kier alpha value is -3.63. The van der Waals surface area contributed by atoms with Crippen molar-refractivity contribution in [2.45, 2.75) is 69.8 Å². The van der Waals surface area contributed by atoms with Crippen molar-refractivity contribution in [3.05, 3.63) is 77.0 Å². The summed E-state index contributed by atoms with van der Waals surface area (Å²) in [7, 11) is 0. The van der Waals surface area contributed by atoms with Gasteiger partial charge in [-0.3, -0.25) is 9.59 Å². The van der Waals surface area contributed by atoms with Crippen LogP contribution >= 0.6 is 0 Å². The molecule has 2 aliphatic heterocycles. The monoisotopic (exact) mass is 470 g/mol. The van der Waals surface area contributed by atoms with Crippen LogP contribution in [0.1, 0.15) is 65.6 Å². The molecule has 3 atom stereocenters. The number of rotatable bonds is 6. The Morgan fingerprint density at radius 1 is 1.14 bits per heavy atom. The standard InChI is InChI=1S/C28H30N4O3/c1-18-10-13-25(27(33)31-18)32-17-21-14-22(11-12-23(21)28(32)34)35-26-9-5-4-8-24(26)30-16-20-7-3-2-6-19(20)15-29/h2-3,6-7,11-12,14,24-26,30H,1,4-5,8-10,13,16-17H2,(H,31,33)/t24-,25?,26-/m0/s1. The van der Waals surface area contributed by atoms with Crippen molar-refractivity contribution < 1.29 is 14.3 Å². The van der Waals surface area contributed by atoms with E-state index in [0.717, 1.165) is 42.6 Å². The Bertz CT molecular complexity index is 1200. The maximum Gasteiger partial charge on any atom is 0.255 e. The van der Waals surface area contributed by atoms with Crippen LogP contribution < -0.4 is 15.4 Å². The fourth-order valence-electron chi connectivity index (χ4n) is 5.37. The number of amides is 2. The second-order valence-electron chi connectivity index (χ2n) is 9.60. The summed E-state index contributed by atoms with van der Waals surface area (Å²) in [5.74, 6) is 0.483. The van der Waals surface area contributed by atoms with E-state index in [0.29, 0.717) is 42.8 Å². The second-order valence-corrected chi connectivity index (χ2v) is 9.60. The predicted octanol–water partition coefficient (Wildman–Crippen LogP) is 3.79. The molecule has 1 saturated carbocycles. The minimum Gasteiger partial charge on any atom is -0.489 e. The summed E-state index contributed by atoms with van der Waals surface area (Å²) in [6, 6.07) is 15.3. The van der Waals surface area contributed by atoms with E-state index in [4.69, 9.17) is 4.74 Å². The van der Waals surface area contributed by atoms with E-state index in [9.17, 15) is 14.9 Å². The quantitative estimate of drug-likeness (QED) is 0.670. The highest BCUT2D eigenvalue weighted by Gasteiger charge is 2.38. The van der Waals surface area contributed by atoms with Crippen LogP contribution in [0.25, 0.3) is 0 Å². The largest absolute Gasteiger partial charge is 0.489 e. The molecule has 1 saturated heterocycles. The molecular weight excluding hydrogens is 440 g/mol. The van der Waals surface area contributed by atoms with E-state index in [1.54, 1.807) is 4.90 Å². The lowest BCUT2D eigenvalue weighted by atomic mass is 9.92. The van der Waals surface area contributed by atoms with Crippen molar-refractivity contribution in [3.63, 3.8) is 0 Å². The van der Waals surface area contributed by atoms with Gasteiger partial charge in [-0.05, 0) is 67.5 Å². The number of hydrogen-bond acceptors (Lipinski definition) is 5. The average molecular weight is 471 g/mol. The molecule has 7 nitrogen and oxygen atoms in total. The molecule has 7 heteroatoms. The molecule has 3 aliphatic rings. The summed E-state index contributed by atoms with van der Waals surface area (Å²) in [5, 5.41) is 15.8. The number of allylic oxidation sites excluding steroid dienone is 1. The molecule has 35 heavy (non-hydrogen) atoms. The molecule has 2 heterocycles. The number of piperidine rings is 1. The summed E-state index contributed by atoms with van der Waals surface area (Å²) in [6.45, 7) is 4.86. The van der Waals surface area contributed by atoms with Crippen molar-refractivity contribution in [1.82, 2.24) is 15.5 Å². The molecule has 180 valence electrons. The molecule has 0 aromatic heterocycles. The van der Waals surface area contributed by atoms with E-state index in [2.05, 4.69) is 23.3 Å². The van der Waals surface area contributed by atoms with E-state index in [-0.39, 0.29) is 24.0 Å². The highest BCUT2D eigenvalue weighted by molar-refractivity contribution is 6.01. The van der Waals surface area contributed by atoms with Crippen molar-refractivity contribution in [1.29, 1.82) is 5.26 Å². The lowest BCUT2D eigenvalue weighted by molar-refractivity contribution is -0.126. The Balaban J connectivity index is 1.26. The number of hydrogen-bond donors (Lipinski definition) is 2. The van der Waals surface area contributed by atoms with Crippen LogP contribution in [0.5, 0.6) is 5.75 Å². The van der Waals surface area contributed by atoms with E-state index >= 15 is 0 Å². The molecule has 1 aliphatic carbocycles. The molecule has 1 unspecified atom stereocenters. The Morgan fingerprint density at radius 2 is 1.97 bits per heavy atom. The van der Waals surface area contributed by atoms with Gasteiger partial charge in [0.1, 0.15) is 17.9 Å². The van der Waals surface area contributed by atoms with Gasteiger partial charge in [-0.15, -0.1) is 0 Å². The summed E-state index contributed by atoms with van der Waals surface area (Å²) in [5.41, 5.74) is 3.93. The van der Waals surface area contributed by atoms with Gasteiger partial charge < -0.3 is 20.3 Å². The number of ether oxygens (including phenoxy) is 1. The minimum absolute atomic E-state index is 0.0133. The molecule has 2 aromatic rings. The average Bonchev–Trinajstić information content (AvgIpc) is 3.19. The Morgan fingerprint density at radius 3 is 2.80 bits per heavy atom. The molecule has 5 rings (SSSR count). The molecule has 0 spiro atoms. The summed E-state index contributed by atoms with van der Waals surface area (Å²) < 4.78 is 6.44. The zero-order valence-electron chi connectivity index (χ0n) is 19.8. The first kappa shape index (κ1) is 23.1. The first-order chi connectivity index (χ1) is 17.0. The second kappa shape index (κ2) is 9.93. The number of nitriles is 1. The highest BCUT2D eigenvalue weighted by atomic mass is 16.5. The number of fused-ring (bicyclic) bond motifs is 1. The summed E-state index contributed by atoms with van der Waals surface area (Å²) in [4.78, 5) is 27.1. The van der Waals surface area contributed by atoms with Gasteiger partial charge in [-0.1, -0.05) is 31.2 Å². The summed E-state index contributed by atoms with van der Waals surface area (Å²) >= 11 is 0. The first-order valence-corrected chi connectivity index (χ1v) is 12.3. The van der Waals surface area contributed by atoms with Crippen LogP contribution in [0.3, 0.4) is 0 Å². The topological polar surface area (TPSA) is 94.5 Å². The minimum atomic E-state index is -0.465. The fourth-order valence-corrected chi connectivity index (χ4v) is 5.37. The van der Waals surface area contributed by atoms with Crippen molar-refractivity contribution in [2.75, 3.05) is 0 Å². The zero-order chi connectivity index (χ0) is 24.4. The molecule has 2 amide bonds. The van der Waals surface area contributed by atoms with Crippen LogP contribution in [0.4, 0.5) is 0 Å². The zero-order valence-corrected chi connectivity index (χ0v) is 19.8. The lowest BCUT2D eigenvalue weighted by Gasteiger charge is -2.33. The summed E-state index contributed by atoms with van der Waals surface area (Å²) in [6.07, 6.45) is 5.50. The van der Waals surface area contributed by atoms with Gasteiger partial charge in [0, 0.05) is 30.4 Å². The van der Waals surface area contributed by atoms with Gasteiger partial charge in [-0.2, -0.15) is 5.26 Å². The number of carbonyl (C=O) groups excluding carboxylic acids is 2. The van der Waals surface area contributed by atoms with Crippen molar-refractivity contribution >= 4 is 11.8 Å². The van der Waals surface area contributed by atoms with Crippen molar-refractivity contribution in [2.24, 2.45) is 0 Å². The SMILES string of the molecule is C=C1CCC(N2Cc3cc(O[C@H]4CCCC[C@@H]4NCc4ccccc4C#N)ccc3C2=O)C(=O)N1. The van der Waals surface area contributed by atoms with E-state index < -0.39 is 6.04 Å². The number of benzene rings is 2. The molecule has 0 radical (unpaired) electrons. The van der Waals surface area contributed by atoms with Crippen LogP contribution in [0.2, 0.25) is 0 Å². The highest BCUT2D eigenvalue weighted by Crippen LogP contribution is 2.32. The first-order valence-electron chi connectivity index (χ1n) is 12.3. The molecular formula is C28H30N4O3. The molecule has 2 N–H and O–H groups in total. The third-order valence-corrected chi connectivity index (χ3v) is 7.29. The lowest BCUT2D eigenvalue weighted by Crippen LogP contribution is -2.49. The van der Waals surface area contributed by atoms with Crippen LogP contribution in [-0.2, 0) is 17.9 Å². The Kier molecular flexibility index (Phi) is 6.56. The van der Waals surface area contributed by atoms with E-state index in [1.807, 2.05) is 42.5 Å². The third-order valence-electron chi connectivity index (χ3n) is 7.29. The van der Waals surface area contributed by atoms with Gasteiger partial charge in [0.2, 0.25) is 5.91 Å². The normalized spacial score (nSPS) is 24.0. The maximum atomic E-state index is 13.0. The van der Waals surface area contributed by atoms with Gasteiger partial charge in [0.05, 0.1) is 11.6 Å². The van der Waals surface area contributed by atoms with Crippen LogP contribution in [-0.4, -0.2) is 34.9 Å². The maximum absolute atomic E-state index is 13.0. The Labute approximate surface area is 205 Å². The number of nitrogens with zero attached hydrogens (tertiary/aromatic N) is 2. The van der Waals surface area contributed by atoms with Gasteiger partial charge in [0.15, 0.2) is 0 Å². The van der Waals surface area contributed by atoms with Crippen LogP contribution in [0.15, 0.2) is 54.7 Å². The molecule has 2 aromatic carbocycles. The third kappa shape index (κ3) is 4.80. The van der Waals surface area contributed by atoms with Crippen LogP contribution in [0, 0.1) is 11.3 Å². The van der Waals surface area contributed by atoms with E-state index in [1.165, 1.54) is 0 Å². The van der Waals surface area contributed by atoms with Gasteiger partial charge >= 0.3 is 0 Å². The molecule has 2 fully saturated rings. The smallest absolute Gasteiger partial charge is 0.255 e. The van der Waals surface area contributed by atoms with Crippen molar-refractivity contribution in [3.8, 4) is 11.8 Å². The fraction of sp³-hybridized carbons (Fsp3) is 0.393. The molecule has 0 bridgehead atoms.